The van der Waals surface area contributed by atoms with E-state index in [2.05, 4.69) is 10.3 Å². The number of aromatic nitrogens is 1. The molecule has 148 valence electrons. The lowest BCUT2D eigenvalue weighted by molar-refractivity contribution is -0.118. The summed E-state index contributed by atoms with van der Waals surface area (Å²) < 4.78 is 0. The predicted octanol–water partition coefficient (Wildman–Crippen LogP) is 4.44. The van der Waals surface area contributed by atoms with E-state index in [1.165, 1.54) is 11.1 Å². The van der Waals surface area contributed by atoms with Crippen molar-refractivity contribution in [2.24, 2.45) is 0 Å². The molecule has 0 aliphatic carbocycles. The third kappa shape index (κ3) is 6.28. The van der Waals surface area contributed by atoms with Crippen LogP contribution >= 0.6 is 0 Å². The minimum atomic E-state index is -0.0814. The van der Waals surface area contributed by atoms with Gasteiger partial charge in [0, 0.05) is 43.7 Å². The highest BCUT2D eigenvalue weighted by molar-refractivity contribution is 5.94. The topological polar surface area (TPSA) is 62.3 Å². The number of carbonyl (C=O) groups is 2. The molecule has 0 saturated heterocycles. The highest BCUT2D eigenvalue weighted by Crippen LogP contribution is 2.15. The van der Waals surface area contributed by atoms with Crippen LogP contribution in [0.2, 0.25) is 0 Å². The Kier molecular flexibility index (Phi) is 7.11. The lowest BCUT2D eigenvalue weighted by atomic mass is 10.1. The summed E-state index contributed by atoms with van der Waals surface area (Å²) in [5.74, 6) is -0.0773. The van der Waals surface area contributed by atoms with Gasteiger partial charge >= 0.3 is 0 Å². The molecule has 0 spiro atoms. The summed E-state index contributed by atoms with van der Waals surface area (Å²) in [6.07, 6.45) is 5.56. The van der Waals surface area contributed by atoms with Crippen molar-refractivity contribution in [2.75, 3.05) is 17.3 Å². The van der Waals surface area contributed by atoms with E-state index in [0.29, 0.717) is 19.3 Å². The van der Waals surface area contributed by atoms with Crippen LogP contribution in [-0.2, 0) is 16.0 Å². The number of hydrogen-bond acceptors (Lipinski definition) is 3. The van der Waals surface area contributed by atoms with Gasteiger partial charge in [-0.25, -0.2) is 0 Å². The van der Waals surface area contributed by atoms with E-state index in [9.17, 15) is 9.59 Å². The average molecular weight is 387 g/mol. The van der Waals surface area contributed by atoms with Gasteiger partial charge in [-0.2, -0.15) is 0 Å². The standard InChI is InChI=1S/C24H25N3O2/c1-27(22-6-3-2-4-7-22)24(29)9-5-8-23(28)26-21-12-10-19(11-13-21)18-20-14-16-25-17-15-20/h2-4,6-7,10-17H,5,8-9,18H2,1H3,(H,26,28). The first kappa shape index (κ1) is 20.3. The van der Waals surface area contributed by atoms with Crippen molar-refractivity contribution in [1.29, 1.82) is 0 Å². The van der Waals surface area contributed by atoms with Gasteiger partial charge in [0.25, 0.3) is 0 Å². The Hall–Kier alpha value is -3.47. The molecule has 0 radical (unpaired) electrons. The van der Waals surface area contributed by atoms with E-state index in [-0.39, 0.29) is 11.8 Å². The van der Waals surface area contributed by atoms with Crippen molar-refractivity contribution in [3.8, 4) is 0 Å². The molecule has 0 aliphatic heterocycles. The van der Waals surface area contributed by atoms with Crippen molar-refractivity contribution in [2.45, 2.75) is 25.7 Å². The van der Waals surface area contributed by atoms with Crippen LogP contribution < -0.4 is 10.2 Å². The van der Waals surface area contributed by atoms with Gasteiger partial charge in [0.15, 0.2) is 0 Å². The third-order valence-electron chi connectivity index (χ3n) is 4.71. The number of hydrogen-bond donors (Lipinski definition) is 1. The van der Waals surface area contributed by atoms with Gasteiger partial charge in [0.05, 0.1) is 0 Å². The minimum absolute atomic E-state index is 0.00413. The smallest absolute Gasteiger partial charge is 0.226 e. The van der Waals surface area contributed by atoms with Crippen LogP contribution in [0.5, 0.6) is 0 Å². The summed E-state index contributed by atoms with van der Waals surface area (Å²) in [4.78, 5) is 30.1. The molecular weight excluding hydrogens is 362 g/mol. The second-order valence-corrected chi connectivity index (χ2v) is 6.92. The summed E-state index contributed by atoms with van der Waals surface area (Å²) in [5.41, 5.74) is 3.99. The van der Waals surface area contributed by atoms with Crippen LogP contribution in [0.1, 0.15) is 30.4 Å². The normalized spacial score (nSPS) is 10.4. The number of benzene rings is 2. The van der Waals surface area contributed by atoms with Gasteiger partial charge < -0.3 is 10.2 Å². The van der Waals surface area contributed by atoms with Crippen LogP contribution in [0.15, 0.2) is 79.1 Å². The van der Waals surface area contributed by atoms with Crippen LogP contribution in [0, 0.1) is 0 Å². The molecular formula is C24H25N3O2. The Balaban J connectivity index is 1.42. The Labute approximate surface area is 171 Å². The molecule has 0 bridgehead atoms. The Bertz CT molecular complexity index is 925. The van der Waals surface area contributed by atoms with Crippen molar-refractivity contribution >= 4 is 23.2 Å². The lowest BCUT2D eigenvalue weighted by Gasteiger charge is -2.17. The molecule has 3 aromatic rings. The summed E-state index contributed by atoms with van der Waals surface area (Å²) in [7, 11) is 1.76. The van der Waals surface area contributed by atoms with Gasteiger partial charge in [-0.05, 0) is 60.4 Å². The summed E-state index contributed by atoms with van der Waals surface area (Å²) >= 11 is 0. The van der Waals surface area contributed by atoms with Crippen molar-refractivity contribution in [1.82, 2.24) is 4.98 Å². The van der Waals surface area contributed by atoms with E-state index in [0.717, 1.165) is 17.8 Å². The molecule has 3 rings (SSSR count). The number of anilines is 2. The third-order valence-corrected chi connectivity index (χ3v) is 4.71. The predicted molar refractivity (Wildman–Crippen MR) is 116 cm³/mol. The number of pyridine rings is 1. The summed E-state index contributed by atoms with van der Waals surface area (Å²) in [6, 6.07) is 21.3. The molecule has 0 atom stereocenters. The molecule has 2 aromatic carbocycles. The molecule has 29 heavy (non-hydrogen) atoms. The Morgan fingerprint density at radius 1 is 0.862 bits per heavy atom. The first-order chi connectivity index (χ1) is 14.1. The first-order valence-corrected chi connectivity index (χ1v) is 9.71. The first-order valence-electron chi connectivity index (χ1n) is 9.71. The highest BCUT2D eigenvalue weighted by Gasteiger charge is 2.11. The average Bonchev–Trinajstić information content (AvgIpc) is 2.76. The number of rotatable bonds is 8. The maximum absolute atomic E-state index is 12.3. The summed E-state index contributed by atoms with van der Waals surface area (Å²) in [6.45, 7) is 0. The van der Waals surface area contributed by atoms with E-state index in [1.807, 2.05) is 66.7 Å². The fourth-order valence-corrected chi connectivity index (χ4v) is 3.03. The monoisotopic (exact) mass is 387 g/mol. The van der Waals surface area contributed by atoms with Gasteiger partial charge in [-0.15, -0.1) is 0 Å². The van der Waals surface area contributed by atoms with Crippen LogP contribution in [0.3, 0.4) is 0 Å². The molecule has 0 saturated carbocycles. The van der Waals surface area contributed by atoms with Gasteiger partial charge in [-0.3, -0.25) is 14.6 Å². The zero-order valence-corrected chi connectivity index (χ0v) is 16.5. The van der Waals surface area contributed by atoms with E-state index < -0.39 is 0 Å². The van der Waals surface area contributed by atoms with Crippen LogP contribution in [0.4, 0.5) is 11.4 Å². The van der Waals surface area contributed by atoms with Crippen molar-refractivity contribution in [3.05, 3.63) is 90.3 Å². The van der Waals surface area contributed by atoms with Crippen molar-refractivity contribution < 1.29 is 9.59 Å². The molecule has 0 aliphatic rings. The molecule has 1 aromatic heterocycles. The lowest BCUT2D eigenvalue weighted by Crippen LogP contribution is -2.26. The number of carbonyl (C=O) groups excluding carboxylic acids is 2. The molecule has 2 amide bonds. The van der Waals surface area contributed by atoms with Crippen LogP contribution in [-0.4, -0.2) is 23.8 Å². The van der Waals surface area contributed by atoms with Crippen LogP contribution in [0.25, 0.3) is 0 Å². The number of nitrogens with one attached hydrogen (secondary N) is 1. The van der Waals surface area contributed by atoms with Gasteiger partial charge in [0.2, 0.25) is 11.8 Å². The van der Waals surface area contributed by atoms with E-state index >= 15 is 0 Å². The number of amides is 2. The van der Waals surface area contributed by atoms with E-state index in [4.69, 9.17) is 0 Å². The zero-order chi connectivity index (χ0) is 20.5. The quantitative estimate of drug-likeness (QED) is 0.621. The van der Waals surface area contributed by atoms with Gasteiger partial charge in [0.1, 0.15) is 0 Å². The Morgan fingerprint density at radius 2 is 1.52 bits per heavy atom. The number of nitrogens with zero attached hydrogens (tertiary/aromatic N) is 2. The molecule has 0 fully saturated rings. The maximum atomic E-state index is 12.3. The van der Waals surface area contributed by atoms with Gasteiger partial charge in [-0.1, -0.05) is 30.3 Å². The fourth-order valence-electron chi connectivity index (χ4n) is 3.03. The molecule has 5 heteroatoms. The second kappa shape index (κ2) is 10.2. The largest absolute Gasteiger partial charge is 0.326 e. The maximum Gasteiger partial charge on any atom is 0.226 e. The molecule has 0 unspecified atom stereocenters. The Morgan fingerprint density at radius 3 is 2.21 bits per heavy atom. The molecule has 1 heterocycles. The van der Waals surface area contributed by atoms with E-state index in [1.54, 1.807) is 24.3 Å². The zero-order valence-electron chi connectivity index (χ0n) is 16.5. The SMILES string of the molecule is CN(C(=O)CCCC(=O)Nc1ccc(Cc2ccncc2)cc1)c1ccccc1. The molecule has 5 nitrogen and oxygen atoms in total. The van der Waals surface area contributed by atoms with Crippen molar-refractivity contribution in [3.63, 3.8) is 0 Å². The number of para-hydroxylation sites is 1. The summed E-state index contributed by atoms with van der Waals surface area (Å²) in [5, 5.41) is 2.89. The molecule has 1 N–H and O–H groups in total. The second-order valence-electron chi connectivity index (χ2n) is 6.92. The highest BCUT2D eigenvalue weighted by atomic mass is 16.2. The fraction of sp³-hybridized carbons (Fsp3) is 0.208. The minimum Gasteiger partial charge on any atom is -0.326 e.